The Bertz CT molecular complexity index is 492. The van der Waals surface area contributed by atoms with Crippen LogP contribution in [0.1, 0.15) is 70.6 Å². The second kappa shape index (κ2) is 6.56. The Kier molecular flexibility index (Phi) is 4.98. The van der Waals surface area contributed by atoms with E-state index >= 15 is 0 Å². The van der Waals surface area contributed by atoms with Crippen molar-refractivity contribution in [2.75, 3.05) is 0 Å². The first-order valence-corrected chi connectivity index (χ1v) is 8.03. The summed E-state index contributed by atoms with van der Waals surface area (Å²) in [5.41, 5.74) is 5.35. The number of fused-ring (bicyclic) bond motifs is 1. The molecule has 2 rings (SSSR count). The Labute approximate surface area is 126 Å². The van der Waals surface area contributed by atoms with Crippen LogP contribution in [0.25, 0.3) is 0 Å². The number of carbonyl (C=O) groups excluding carboxylic acids is 1. The van der Waals surface area contributed by atoms with Crippen LogP contribution in [0.5, 0.6) is 0 Å². The lowest BCUT2D eigenvalue weighted by Gasteiger charge is -2.27. The maximum Gasteiger partial charge on any atom is 0.240 e. The number of amides is 1. The predicted octanol–water partition coefficient (Wildman–Crippen LogP) is 1.70. The van der Waals surface area contributed by atoms with Crippen molar-refractivity contribution in [3.05, 3.63) is 11.6 Å². The summed E-state index contributed by atoms with van der Waals surface area (Å²) in [7, 11) is 0. The van der Waals surface area contributed by atoms with Crippen LogP contribution in [0, 0.1) is 0 Å². The SMILES string of the molecule is CCC(N)(CC)C(=O)NC(C)c1nnc2n1CCCCC2. The smallest absolute Gasteiger partial charge is 0.240 e. The molecule has 118 valence electrons. The number of nitrogens with two attached hydrogens (primary N) is 1. The molecule has 0 aliphatic carbocycles. The summed E-state index contributed by atoms with van der Waals surface area (Å²) in [5, 5.41) is 11.6. The van der Waals surface area contributed by atoms with Crippen LogP contribution in [0.2, 0.25) is 0 Å². The molecule has 21 heavy (non-hydrogen) atoms. The molecule has 0 spiro atoms. The van der Waals surface area contributed by atoms with Gasteiger partial charge >= 0.3 is 0 Å². The van der Waals surface area contributed by atoms with Crippen LogP contribution in [0.15, 0.2) is 0 Å². The standard InChI is InChI=1S/C15H27N5O/c1-4-15(16,5-2)14(21)17-11(3)13-19-18-12-9-7-6-8-10-20(12)13/h11H,4-10,16H2,1-3H3,(H,17,21). The highest BCUT2D eigenvalue weighted by molar-refractivity contribution is 5.86. The van der Waals surface area contributed by atoms with Gasteiger partial charge in [0, 0.05) is 13.0 Å². The van der Waals surface area contributed by atoms with Crippen molar-refractivity contribution in [2.45, 2.75) is 77.4 Å². The first kappa shape index (κ1) is 15.9. The topological polar surface area (TPSA) is 85.8 Å². The van der Waals surface area contributed by atoms with Gasteiger partial charge in [-0.2, -0.15) is 0 Å². The lowest BCUT2D eigenvalue weighted by Crippen LogP contribution is -2.53. The molecule has 0 saturated carbocycles. The van der Waals surface area contributed by atoms with E-state index in [1.807, 2.05) is 20.8 Å². The number of rotatable bonds is 5. The van der Waals surface area contributed by atoms with Gasteiger partial charge in [-0.3, -0.25) is 4.79 Å². The van der Waals surface area contributed by atoms with Gasteiger partial charge in [-0.1, -0.05) is 20.3 Å². The molecule has 1 aliphatic heterocycles. The van der Waals surface area contributed by atoms with Gasteiger partial charge in [0.25, 0.3) is 0 Å². The zero-order valence-electron chi connectivity index (χ0n) is 13.4. The van der Waals surface area contributed by atoms with Crippen LogP contribution < -0.4 is 11.1 Å². The Hall–Kier alpha value is -1.43. The summed E-state index contributed by atoms with van der Waals surface area (Å²) in [5.74, 6) is 1.77. The predicted molar refractivity (Wildman–Crippen MR) is 81.6 cm³/mol. The van der Waals surface area contributed by atoms with Gasteiger partial charge in [-0.25, -0.2) is 0 Å². The average molecular weight is 293 g/mol. The summed E-state index contributed by atoms with van der Waals surface area (Å²) < 4.78 is 2.16. The molecule has 1 aromatic rings. The third kappa shape index (κ3) is 3.26. The van der Waals surface area contributed by atoms with Crippen LogP contribution >= 0.6 is 0 Å². The van der Waals surface area contributed by atoms with Crippen molar-refractivity contribution in [3.63, 3.8) is 0 Å². The summed E-state index contributed by atoms with van der Waals surface area (Å²) in [6.45, 7) is 6.77. The van der Waals surface area contributed by atoms with Gasteiger partial charge in [0.1, 0.15) is 5.82 Å². The van der Waals surface area contributed by atoms with Gasteiger partial charge < -0.3 is 15.6 Å². The molecule has 1 aromatic heterocycles. The molecule has 6 nitrogen and oxygen atoms in total. The lowest BCUT2D eigenvalue weighted by molar-refractivity contribution is -0.127. The fraction of sp³-hybridized carbons (Fsp3) is 0.800. The fourth-order valence-electron chi connectivity index (χ4n) is 2.80. The zero-order valence-corrected chi connectivity index (χ0v) is 13.4. The van der Waals surface area contributed by atoms with E-state index in [0.717, 1.165) is 37.5 Å². The van der Waals surface area contributed by atoms with E-state index in [9.17, 15) is 4.79 Å². The Morgan fingerprint density at radius 1 is 1.33 bits per heavy atom. The monoisotopic (exact) mass is 293 g/mol. The second-order valence-corrected chi connectivity index (χ2v) is 6.00. The first-order chi connectivity index (χ1) is 10.0. The summed E-state index contributed by atoms with van der Waals surface area (Å²) >= 11 is 0. The highest BCUT2D eigenvalue weighted by Crippen LogP contribution is 2.20. The molecule has 3 N–H and O–H groups in total. The van der Waals surface area contributed by atoms with Crippen LogP contribution in [0.3, 0.4) is 0 Å². The van der Waals surface area contributed by atoms with Crippen molar-refractivity contribution in [1.29, 1.82) is 0 Å². The number of carbonyl (C=O) groups is 1. The fourth-order valence-corrected chi connectivity index (χ4v) is 2.80. The first-order valence-electron chi connectivity index (χ1n) is 8.03. The minimum absolute atomic E-state index is 0.106. The van der Waals surface area contributed by atoms with Gasteiger partial charge in [-0.15, -0.1) is 10.2 Å². The van der Waals surface area contributed by atoms with Crippen molar-refractivity contribution < 1.29 is 4.79 Å². The normalized spacial score (nSPS) is 17.0. The van der Waals surface area contributed by atoms with E-state index < -0.39 is 5.54 Å². The maximum atomic E-state index is 12.4. The Balaban J connectivity index is 2.12. The molecular formula is C15H27N5O. The third-order valence-corrected chi connectivity index (χ3v) is 4.59. The highest BCUT2D eigenvalue weighted by atomic mass is 16.2. The number of aromatic nitrogens is 3. The van der Waals surface area contributed by atoms with Crippen molar-refractivity contribution in [3.8, 4) is 0 Å². The van der Waals surface area contributed by atoms with Crippen molar-refractivity contribution in [2.24, 2.45) is 5.73 Å². The van der Waals surface area contributed by atoms with Crippen LogP contribution in [0.4, 0.5) is 0 Å². The summed E-state index contributed by atoms with van der Waals surface area (Å²) in [4.78, 5) is 12.4. The van der Waals surface area contributed by atoms with E-state index in [1.165, 1.54) is 6.42 Å². The van der Waals surface area contributed by atoms with E-state index in [0.29, 0.717) is 12.8 Å². The van der Waals surface area contributed by atoms with Gasteiger partial charge in [0.2, 0.25) is 5.91 Å². The largest absolute Gasteiger partial charge is 0.345 e. The van der Waals surface area contributed by atoms with Gasteiger partial charge in [0.15, 0.2) is 5.82 Å². The molecule has 1 atom stereocenters. The van der Waals surface area contributed by atoms with Gasteiger partial charge in [-0.05, 0) is 32.6 Å². The summed E-state index contributed by atoms with van der Waals surface area (Å²) in [6.07, 6.45) is 5.75. The number of hydrogen-bond donors (Lipinski definition) is 2. The molecule has 0 bridgehead atoms. The average Bonchev–Trinajstić information content (AvgIpc) is 2.75. The lowest BCUT2D eigenvalue weighted by atomic mass is 9.93. The summed E-state index contributed by atoms with van der Waals surface area (Å²) in [6, 6.07) is -0.169. The molecule has 0 saturated heterocycles. The van der Waals surface area contributed by atoms with E-state index in [1.54, 1.807) is 0 Å². The van der Waals surface area contributed by atoms with E-state index in [4.69, 9.17) is 5.73 Å². The molecule has 2 heterocycles. The molecule has 1 unspecified atom stereocenters. The molecule has 0 radical (unpaired) electrons. The molecule has 0 aromatic carbocycles. The van der Waals surface area contributed by atoms with E-state index in [-0.39, 0.29) is 11.9 Å². The number of nitrogens with zero attached hydrogens (tertiary/aromatic N) is 3. The molecular weight excluding hydrogens is 266 g/mol. The Morgan fingerprint density at radius 3 is 2.71 bits per heavy atom. The van der Waals surface area contributed by atoms with Crippen LogP contribution in [-0.4, -0.2) is 26.2 Å². The minimum atomic E-state index is -0.796. The van der Waals surface area contributed by atoms with E-state index in [2.05, 4.69) is 20.1 Å². The second-order valence-electron chi connectivity index (χ2n) is 6.00. The molecule has 1 aliphatic rings. The number of hydrogen-bond acceptors (Lipinski definition) is 4. The maximum absolute atomic E-state index is 12.4. The molecule has 6 heteroatoms. The van der Waals surface area contributed by atoms with Crippen molar-refractivity contribution in [1.82, 2.24) is 20.1 Å². The molecule has 0 fully saturated rings. The molecule has 1 amide bonds. The van der Waals surface area contributed by atoms with Crippen molar-refractivity contribution >= 4 is 5.91 Å². The Morgan fingerprint density at radius 2 is 2.05 bits per heavy atom. The van der Waals surface area contributed by atoms with Gasteiger partial charge in [0.05, 0.1) is 11.6 Å². The third-order valence-electron chi connectivity index (χ3n) is 4.59. The van der Waals surface area contributed by atoms with Crippen LogP contribution in [-0.2, 0) is 17.8 Å². The minimum Gasteiger partial charge on any atom is -0.345 e. The number of aryl methyl sites for hydroxylation is 1. The highest BCUT2D eigenvalue weighted by Gasteiger charge is 2.32. The quantitative estimate of drug-likeness (QED) is 0.865. The number of nitrogens with one attached hydrogen (secondary N) is 1. The zero-order chi connectivity index (χ0) is 15.5.